The monoisotopic (exact) mass is 666 g/mol. The van der Waals surface area contributed by atoms with Gasteiger partial charge in [0.25, 0.3) is 0 Å². The molecule has 0 amide bonds. The second kappa shape index (κ2) is 32.8. The van der Waals surface area contributed by atoms with E-state index < -0.39 is 36.0 Å². The van der Waals surface area contributed by atoms with Crippen LogP contribution in [0.25, 0.3) is 0 Å². The first-order valence-electron chi connectivity index (χ1n) is 14.8. The van der Waals surface area contributed by atoms with Gasteiger partial charge in [0.1, 0.15) is 6.10 Å². The van der Waals surface area contributed by atoms with Gasteiger partial charge in [0.2, 0.25) is 0 Å². The summed E-state index contributed by atoms with van der Waals surface area (Å²) in [7, 11) is 0. The molecule has 0 aliphatic heterocycles. The maximum absolute atomic E-state index is 10.4. The molecular formula is C31H54O15. The first-order chi connectivity index (χ1) is 21.4. The summed E-state index contributed by atoms with van der Waals surface area (Å²) in [4.78, 5) is 50.6. The molecule has 0 heterocycles. The topological polar surface area (TPSA) is 288 Å². The van der Waals surface area contributed by atoms with Crippen LogP contribution in [-0.4, -0.2) is 113 Å². The number of rotatable bonds is 18. The molecule has 1 aromatic rings. The van der Waals surface area contributed by atoms with Crippen molar-refractivity contribution in [1.82, 2.24) is 0 Å². The molecule has 15 nitrogen and oxygen atoms in total. The average Bonchev–Trinajstić information content (AvgIpc) is 3.01. The van der Waals surface area contributed by atoms with Crippen molar-refractivity contribution in [1.29, 1.82) is 0 Å². The number of aliphatic carboxylic acids is 3. The van der Waals surface area contributed by atoms with Gasteiger partial charge in [-0.1, -0.05) is 58.9 Å². The van der Waals surface area contributed by atoms with Crippen molar-refractivity contribution in [3.8, 4) is 0 Å². The molecule has 10 N–H and O–H groups in total. The van der Waals surface area contributed by atoms with Gasteiger partial charge >= 0.3 is 29.8 Å². The van der Waals surface area contributed by atoms with E-state index in [0.717, 1.165) is 18.9 Å². The zero-order valence-electron chi connectivity index (χ0n) is 27.0. The molecule has 0 bridgehead atoms. The highest BCUT2D eigenvalue weighted by molar-refractivity contribution is 5.93. The van der Waals surface area contributed by atoms with Crippen LogP contribution >= 0.6 is 0 Å². The van der Waals surface area contributed by atoms with E-state index in [1.165, 1.54) is 43.9 Å². The van der Waals surface area contributed by atoms with Crippen molar-refractivity contribution in [2.24, 2.45) is 5.41 Å². The van der Waals surface area contributed by atoms with Crippen LogP contribution in [0.2, 0.25) is 0 Å². The molecule has 0 fully saturated rings. The van der Waals surface area contributed by atoms with Gasteiger partial charge in [-0.3, -0.25) is 14.4 Å². The zero-order valence-corrected chi connectivity index (χ0v) is 27.0. The second-order valence-electron chi connectivity index (χ2n) is 10.6. The molecule has 0 saturated heterocycles. The zero-order chi connectivity index (χ0) is 36.6. The summed E-state index contributed by atoms with van der Waals surface area (Å²) in [5.74, 6) is -4.66. The highest BCUT2D eigenvalue weighted by atomic mass is 16.4. The number of hydrogen-bond donors (Lipinski definition) is 10. The van der Waals surface area contributed by atoms with E-state index in [2.05, 4.69) is 6.92 Å². The number of aromatic carboxylic acids is 2. The third kappa shape index (κ3) is 40.4. The van der Waals surface area contributed by atoms with Crippen molar-refractivity contribution < 1.29 is 75.0 Å². The molecule has 0 aliphatic rings. The fourth-order valence-corrected chi connectivity index (χ4v) is 2.50. The third-order valence-electron chi connectivity index (χ3n) is 5.41. The van der Waals surface area contributed by atoms with Gasteiger partial charge < -0.3 is 51.1 Å². The third-order valence-corrected chi connectivity index (χ3v) is 5.41. The molecular weight excluding hydrogens is 612 g/mol. The standard InChI is InChI=1S/C9H18O2.C8H6O4.C6H10O4.C5H12O2.C3H8O3/c1-2-3-4-5-6-7-8-9(10)11;9-7(10)5-2-1-3-6(4-5)8(11)12;7-5(8)3-1-2-4-6(9)10;1-5(2,3-6)4-7;4-1-3(6)2-5/h2-8H2,1H3,(H,10,11);1-4H,(H,9,10)(H,11,12);1-4H2,(H,7,8)(H,9,10);6-7H,3-4H2,1-2H3;3-6H,1-2H2. The smallest absolute Gasteiger partial charge is 0.335 e. The highest BCUT2D eigenvalue weighted by Crippen LogP contribution is 2.10. The Bertz CT molecular complexity index is 892. The summed E-state index contributed by atoms with van der Waals surface area (Å²) in [5, 5.41) is 82.5. The number of hydrogen-bond acceptors (Lipinski definition) is 10. The number of carboxylic acids is 5. The lowest BCUT2D eigenvalue weighted by atomic mass is 9.97. The van der Waals surface area contributed by atoms with Gasteiger partial charge in [0.15, 0.2) is 0 Å². The van der Waals surface area contributed by atoms with Crippen LogP contribution in [0.5, 0.6) is 0 Å². The van der Waals surface area contributed by atoms with Gasteiger partial charge in [-0.25, -0.2) is 9.59 Å². The van der Waals surface area contributed by atoms with Crippen LogP contribution in [0, 0.1) is 5.41 Å². The van der Waals surface area contributed by atoms with Gasteiger partial charge in [-0.15, -0.1) is 0 Å². The molecule has 1 aromatic carbocycles. The lowest BCUT2D eigenvalue weighted by Gasteiger charge is -2.16. The van der Waals surface area contributed by atoms with E-state index in [1.807, 2.05) is 0 Å². The van der Waals surface area contributed by atoms with E-state index in [-0.39, 0.29) is 55.8 Å². The van der Waals surface area contributed by atoms with Crippen molar-refractivity contribution in [2.75, 3.05) is 26.4 Å². The van der Waals surface area contributed by atoms with Crippen molar-refractivity contribution in [2.45, 2.75) is 97.5 Å². The van der Waals surface area contributed by atoms with Gasteiger partial charge in [0, 0.05) is 24.7 Å². The van der Waals surface area contributed by atoms with Crippen LogP contribution in [0.15, 0.2) is 24.3 Å². The van der Waals surface area contributed by atoms with Crippen LogP contribution < -0.4 is 0 Å². The summed E-state index contributed by atoms with van der Waals surface area (Å²) in [6.45, 7) is 5.14. The first kappa shape index (κ1) is 49.3. The van der Waals surface area contributed by atoms with Crippen LogP contribution in [0.3, 0.4) is 0 Å². The summed E-state index contributed by atoms with van der Waals surface area (Å²) in [5.41, 5.74) is -0.343. The van der Waals surface area contributed by atoms with Crippen LogP contribution in [0.1, 0.15) is 112 Å². The minimum atomic E-state index is -1.13. The fourth-order valence-electron chi connectivity index (χ4n) is 2.50. The van der Waals surface area contributed by atoms with Crippen molar-refractivity contribution in [3.05, 3.63) is 35.4 Å². The Morgan fingerprint density at radius 1 is 0.609 bits per heavy atom. The number of aliphatic hydroxyl groups excluding tert-OH is 5. The molecule has 0 unspecified atom stereocenters. The first-order valence-corrected chi connectivity index (χ1v) is 14.8. The molecule has 0 saturated carbocycles. The number of carbonyl (C=O) groups is 5. The molecule has 15 heteroatoms. The summed E-state index contributed by atoms with van der Waals surface area (Å²) < 4.78 is 0. The van der Waals surface area contributed by atoms with Gasteiger partial charge in [0.05, 0.1) is 37.6 Å². The normalized spacial score (nSPS) is 9.93. The Morgan fingerprint density at radius 2 is 0.935 bits per heavy atom. The Labute approximate surface area is 269 Å². The van der Waals surface area contributed by atoms with E-state index in [4.69, 9.17) is 51.1 Å². The van der Waals surface area contributed by atoms with Crippen LogP contribution in [0.4, 0.5) is 0 Å². The number of aliphatic hydroxyl groups is 5. The molecule has 1 rings (SSSR count). The average molecular weight is 667 g/mol. The lowest BCUT2D eigenvalue weighted by molar-refractivity contribution is -0.139. The predicted molar refractivity (Wildman–Crippen MR) is 168 cm³/mol. The van der Waals surface area contributed by atoms with E-state index in [1.54, 1.807) is 13.8 Å². The minimum Gasteiger partial charge on any atom is -0.481 e. The molecule has 268 valence electrons. The van der Waals surface area contributed by atoms with Crippen molar-refractivity contribution >= 4 is 29.8 Å². The highest BCUT2D eigenvalue weighted by Gasteiger charge is 2.13. The van der Waals surface area contributed by atoms with E-state index in [9.17, 15) is 24.0 Å². The predicted octanol–water partition coefficient (Wildman–Crippen LogP) is 2.95. The number of benzene rings is 1. The number of unbranched alkanes of at least 4 members (excludes halogenated alkanes) is 6. The molecule has 0 aromatic heterocycles. The Balaban J connectivity index is -0.000000245. The molecule has 0 radical (unpaired) electrons. The Hall–Kier alpha value is -3.63. The fraction of sp³-hybridized carbons (Fsp3) is 0.645. The maximum atomic E-state index is 10.4. The maximum Gasteiger partial charge on any atom is 0.335 e. The molecule has 0 atom stereocenters. The Kier molecular flexibility index (Phi) is 35.1. The molecule has 0 aliphatic carbocycles. The van der Waals surface area contributed by atoms with Crippen LogP contribution in [-0.2, 0) is 14.4 Å². The van der Waals surface area contributed by atoms with E-state index >= 15 is 0 Å². The quantitative estimate of drug-likeness (QED) is 0.101. The Morgan fingerprint density at radius 3 is 1.17 bits per heavy atom. The van der Waals surface area contributed by atoms with E-state index in [0.29, 0.717) is 19.3 Å². The molecule has 0 spiro atoms. The van der Waals surface area contributed by atoms with Gasteiger partial charge in [-0.05, 0) is 37.5 Å². The second-order valence-corrected chi connectivity index (χ2v) is 10.6. The molecule has 46 heavy (non-hydrogen) atoms. The summed E-state index contributed by atoms with van der Waals surface area (Å²) in [6.07, 6.45) is 7.31. The minimum absolute atomic E-state index is 0.0186. The number of carboxylic acid groups (broad SMARTS) is 5. The van der Waals surface area contributed by atoms with Crippen molar-refractivity contribution in [3.63, 3.8) is 0 Å². The summed E-state index contributed by atoms with van der Waals surface area (Å²) in [6, 6.07) is 5.20. The summed E-state index contributed by atoms with van der Waals surface area (Å²) >= 11 is 0. The lowest BCUT2D eigenvalue weighted by Crippen LogP contribution is -2.20. The SMILES string of the molecule is CC(C)(CO)CO.CCCCCCCCC(=O)O.O=C(O)CCCCC(=O)O.O=C(O)c1cccc(C(=O)O)c1.OCC(O)CO. The van der Waals surface area contributed by atoms with Gasteiger partial charge in [-0.2, -0.15) is 0 Å². The largest absolute Gasteiger partial charge is 0.481 e.